The number of benzene rings is 8. The zero-order valence-corrected chi connectivity index (χ0v) is 28.5. The van der Waals surface area contributed by atoms with Crippen molar-refractivity contribution in [2.45, 2.75) is 13.8 Å². The number of aryl methyl sites for hydroxylation is 2. The van der Waals surface area contributed by atoms with Crippen molar-refractivity contribution in [3.63, 3.8) is 0 Å². The maximum absolute atomic E-state index is 2.22. The first-order valence-electron chi connectivity index (χ1n) is 17.3. The van der Waals surface area contributed by atoms with Crippen molar-refractivity contribution in [1.82, 2.24) is 0 Å². The van der Waals surface area contributed by atoms with E-state index >= 15 is 0 Å². The molecule has 0 N–H and O–H groups in total. The Bertz CT molecular complexity index is 2150. The summed E-state index contributed by atoms with van der Waals surface area (Å²) < 4.78 is 0. The van der Waals surface area contributed by atoms with Crippen molar-refractivity contribution in [1.29, 1.82) is 0 Å². The van der Waals surface area contributed by atoms with Crippen LogP contribution in [-0.2, 0) is 0 Å². The minimum Gasteiger partial charge on any atom is -0.0587 e. The molecular weight excluding hydrogens is 601 g/mol. The molecule has 0 saturated heterocycles. The fourth-order valence-corrected chi connectivity index (χ4v) is 6.62. The number of hydrogen-bond donors (Lipinski definition) is 0. The van der Waals surface area contributed by atoms with Crippen LogP contribution in [0.15, 0.2) is 194 Å². The maximum Gasteiger partial charge on any atom is -0.0184 e. The van der Waals surface area contributed by atoms with Crippen molar-refractivity contribution < 1.29 is 0 Å². The summed E-state index contributed by atoms with van der Waals surface area (Å²) in [5.41, 5.74) is 19.8. The number of hydrogen-bond acceptors (Lipinski definition) is 0. The lowest BCUT2D eigenvalue weighted by atomic mass is 9.95. The van der Waals surface area contributed by atoms with Crippen LogP contribution in [0.4, 0.5) is 0 Å². The monoisotopic (exact) mass is 638 g/mol. The average molecular weight is 639 g/mol. The molecule has 0 saturated carbocycles. The molecule has 0 fully saturated rings. The second-order valence-electron chi connectivity index (χ2n) is 13.2. The van der Waals surface area contributed by atoms with E-state index in [0.29, 0.717) is 0 Å². The van der Waals surface area contributed by atoms with Gasteiger partial charge in [-0.2, -0.15) is 0 Å². The summed E-state index contributed by atoms with van der Waals surface area (Å²) in [6, 6.07) is 70.7. The molecule has 8 aromatic rings. The van der Waals surface area contributed by atoms with E-state index < -0.39 is 0 Å². The van der Waals surface area contributed by atoms with Crippen molar-refractivity contribution >= 4 is 0 Å². The van der Waals surface area contributed by atoms with E-state index in [0.717, 1.165) is 0 Å². The second kappa shape index (κ2) is 13.7. The van der Waals surface area contributed by atoms with Gasteiger partial charge in [0.1, 0.15) is 0 Å². The Morgan fingerprint density at radius 2 is 0.220 bits per heavy atom. The summed E-state index contributed by atoms with van der Waals surface area (Å²) in [7, 11) is 0. The van der Waals surface area contributed by atoms with E-state index in [4.69, 9.17) is 0 Å². The van der Waals surface area contributed by atoms with Crippen molar-refractivity contribution in [3.05, 3.63) is 205 Å². The molecule has 50 heavy (non-hydrogen) atoms. The van der Waals surface area contributed by atoms with Gasteiger partial charge >= 0.3 is 0 Å². The minimum atomic E-state index is 1.22. The van der Waals surface area contributed by atoms with Crippen LogP contribution in [0.3, 0.4) is 0 Å². The van der Waals surface area contributed by atoms with Gasteiger partial charge in [-0.25, -0.2) is 0 Å². The fourth-order valence-electron chi connectivity index (χ4n) is 6.62. The quantitative estimate of drug-likeness (QED) is 0.163. The zero-order chi connectivity index (χ0) is 33.9. The van der Waals surface area contributed by atoms with E-state index in [1.54, 1.807) is 0 Å². The molecule has 0 aromatic heterocycles. The molecule has 0 aliphatic rings. The van der Waals surface area contributed by atoms with Gasteiger partial charge in [0.25, 0.3) is 0 Å². The molecular formula is C50H38. The van der Waals surface area contributed by atoms with E-state index in [1.165, 1.54) is 89.0 Å². The third kappa shape index (κ3) is 6.70. The summed E-state index contributed by atoms with van der Waals surface area (Å²) in [4.78, 5) is 0. The summed E-state index contributed by atoms with van der Waals surface area (Å²) in [6.07, 6.45) is 0. The minimum absolute atomic E-state index is 1.22. The van der Waals surface area contributed by atoms with Gasteiger partial charge in [0.2, 0.25) is 0 Å². The summed E-state index contributed by atoms with van der Waals surface area (Å²) in [5.74, 6) is 0. The van der Waals surface area contributed by atoms with Crippen LogP contribution in [0.2, 0.25) is 0 Å². The van der Waals surface area contributed by atoms with Crippen molar-refractivity contribution in [2.75, 3.05) is 0 Å². The van der Waals surface area contributed by atoms with Gasteiger partial charge in [0.05, 0.1) is 0 Å². The molecule has 0 nitrogen and oxygen atoms in total. The molecule has 0 heteroatoms. The Morgan fingerprint density at radius 1 is 0.140 bits per heavy atom. The Morgan fingerprint density at radius 3 is 0.320 bits per heavy atom. The molecule has 8 rings (SSSR count). The molecule has 0 radical (unpaired) electrons. The van der Waals surface area contributed by atoms with Gasteiger partial charge in [-0.15, -0.1) is 0 Å². The van der Waals surface area contributed by atoms with Gasteiger partial charge in [-0.05, 0) is 91.7 Å². The largest absolute Gasteiger partial charge is 0.0587 e. The van der Waals surface area contributed by atoms with Gasteiger partial charge in [-0.1, -0.05) is 205 Å². The normalized spacial score (nSPS) is 11.0. The smallest absolute Gasteiger partial charge is 0.0184 e. The molecule has 0 aliphatic heterocycles. The van der Waals surface area contributed by atoms with Gasteiger partial charge in [0.15, 0.2) is 0 Å². The molecule has 0 spiro atoms. The van der Waals surface area contributed by atoms with Crippen LogP contribution >= 0.6 is 0 Å². The molecule has 238 valence electrons. The first kappa shape index (κ1) is 31.1. The molecule has 0 unspecified atom stereocenters. The standard InChI is InChI=1S/C50H38/c1-35-3-7-37(8-4-35)39-11-15-41(16-12-39)43-19-23-45(24-20-43)47-27-31-49(32-28-47)50-33-29-48(30-34-50)46-25-21-44(22-26-46)42-17-13-40(14-18-42)38-9-5-36(2)6-10-38/h3-34H,1-2H3. The van der Waals surface area contributed by atoms with Crippen LogP contribution in [-0.4, -0.2) is 0 Å². The summed E-state index contributed by atoms with van der Waals surface area (Å²) >= 11 is 0. The first-order chi connectivity index (χ1) is 24.6. The highest BCUT2D eigenvalue weighted by Crippen LogP contribution is 2.32. The third-order valence-electron chi connectivity index (χ3n) is 9.75. The molecule has 0 bridgehead atoms. The average Bonchev–Trinajstić information content (AvgIpc) is 3.19. The van der Waals surface area contributed by atoms with Crippen LogP contribution in [0.25, 0.3) is 77.9 Å². The SMILES string of the molecule is Cc1ccc(-c2ccc(-c3ccc(-c4ccc(-c5ccc(-c6ccc(-c7ccc(-c8ccc(C)cc8)cc7)cc6)cc5)cc4)cc3)cc2)cc1. The van der Waals surface area contributed by atoms with Crippen molar-refractivity contribution in [3.8, 4) is 77.9 Å². The van der Waals surface area contributed by atoms with Crippen LogP contribution < -0.4 is 0 Å². The van der Waals surface area contributed by atoms with E-state index in [-0.39, 0.29) is 0 Å². The lowest BCUT2D eigenvalue weighted by Crippen LogP contribution is -1.84. The molecule has 8 aromatic carbocycles. The lowest BCUT2D eigenvalue weighted by molar-refractivity contribution is 1.47. The first-order valence-corrected chi connectivity index (χ1v) is 17.3. The Kier molecular flexibility index (Phi) is 8.51. The predicted octanol–water partition coefficient (Wildman–Crippen LogP) is 14.0. The highest BCUT2D eigenvalue weighted by Gasteiger charge is 2.06. The van der Waals surface area contributed by atoms with Gasteiger partial charge in [-0.3, -0.25) is 0 Å². The fraction of sp³-hybridized carbons (Fsp3) is 0.0400. The second-order valence-corrected chi connectivity index (χ2v) is 13.2. The molecule has 0 heterocycles. The van der Waals surface area contributed by atoms with Crippen LogP contribution in [0, 0.1) is 13.8 Å². The topological polar surface area (TPSA) is 0 Å². The Labute approximate surface area is 296 Å². The third-order valence-corrected chi connectivity index (χ3v) is 9.75. The van der Waals surface area contributed by atoms with Crippen molar-refractivity contribution in [2.24, 2.45) is 0 Å². The lowest BCUT2D eigenvalue weighted by Gasteiger charge is -2.09. The predicted molar refractivity (Wildman–Crippen MR) is 214 cm³/mol. The molecule has 0 atom stereocenters. The summed E-state index contributed by atoms with van der Waals surface area (Å²) in [6.45, 7) is 4.25. The molecule has 0 aliphatic carbocycles. The van der Waals surface area contributed by atoms with E-state index in [9.17, 15) is 0 Å². The Hall–Kier alpha value is -6.24. The van der Waals surface area contributed by atoms with Crippen LogP contribution in [0.1, 0.15) is 11.1 Å². The van der Waals surface area contributed by atoms with Crippen LogP contribution in [0.5, 0.6) is 0 Å². The summed E-state index contributed by atoms with van der Waals surface area (Å²) in [5, 5.41) is 0. The molecule has 0 amide bonds. The van der Waals surface area contributed by atoms with E-state index in [2.05, 4.69) is 208 Å². The zero-order valence-electron chi connectivity index (χ0n) is 28.5. The maximum atomic E-state index is 2.22. The van der Waals surface area contributed by atoms with E-state index in [1.807, 2.05) is 0 Å². The van der Waals surface area contributed by atoms with Gasteiger partial charge < -0.3 is 0 Å². The highest BCUT2D eigenvalue weighted by molar-refractivity contribution is 5.77. The van der Waals surface area contributed by atoms with Gasteiger partial charge in [0, 0.05) is 0 Å². The number of rotatable bonds is 7. The highest BCUT2D eigenvalue weighted by atomic mass is 14.1. The Balaban J connectivity index is 0.912.